The molecule has 2 atom stereocenters. The molecule has 0 bridgehead atoms. The maximum absolute atomic E-state index is 12.0. The quantitative estimate of drug-likeness (QED) is 0.757. The highest BCUT2D eigenvalue weighted by molar-refractivity contribution is 5.75. The van der Waals surface area contributed by atoms with Crippen molar-refractivity contribution in [1.82, 2.24) is 15.0 Å². The standard InChI is InChI=1S/C21H20N4O3/c22-21(26)25-11-15-3-1-2-4-17(15)18(25)13-5-7-14(8-6-13)19-23-20(28-24-19)16-9-10-27-12-16/h1-8,16,18H,9-12H2,(H2,22,26). The molecule has 28 heavy (non-hydrogen) atoms. The molecule has 2 N–H and O–H groups in total. The SMILES string of the molecule is NC(=O)N1Cc2ccccc2C1c1ccc(-c2noc(C3CCOC3)n2)cc1. The molecule has 5 rings (SSSR count). The number of urea groups is 1. The first-order valence-corrected chi connectivity index (χ1v) is 9.36. The summed E-state index contributed by atoms with van der Waals surface area (Å²) in [6.07, 6.45) is 0.907. The summed E-state index contributed by atoms with van der Waals surface area (Å²) in [7, 11) is 0. The first-order valence-electron chi connectivity index (χ1n) is 9.36. The van der Waals surface area contributed by atoms with Gasteiger partial charge in [-0.05, 0) is 23.1 Å². The molecule has 0 spiro atoms. The molecule has 7 nitrogen and oxygen atoms in total. The van der Waals surface area contributed by atoms with E-state index < -0.39 is 6.03 Å². The molecule has 1 saturated heterocycles. The van der Waals surface area contributed by atoms with Crippen LogP contribution in [-0.2, 0) is 11.3 Å². The first kappa shape index (κ1) is 16.9. The number of ether oxygens (including phenoxy) is 1. The predicted molar refractivity (Wildman–Crippen MR) is 101 cm³/mol. The largest absolute Gasteiger partial charge is 0.381 e. The van der Waals surface area contributed by atoms with Crippen LogP contribution in [0.25, 0.3) is 11.4 Å². The first-order chi connectivity index (χ1) is 13.7. The van der Waals surface area contributed by atoms with E-state index in [1.54, 1.807) is 4.90 Å². The smallest absolute Gasteiger partial charge is 0.315 e. The minimum Gasteiger partial charge on any atom is -0.381 e. The average molecular weight is 376 g/mol. The third kappa shape index (κ3) is 2.84. The van der Waals surface area contributed by atoms with E-state index in [1.807, 2.05) is 48.5 Å². The topological polar surface area (TPSA) is 94.5 Å². The normalized spacial score (nSPS) is 21.1. The number of hydrogen-bond donors (Lipinski definition) is 1. The number of rotatable bonds is 3. The Morgan fingerprint density at radius 3 is 2.71 bits per heavy atom. The Morgan fingerprint density at radius 1 is 1.14 bits per heavy atom. The van der Waals surface area contributed by atoms with Gasteiger partial charge in [0.05, 0.1) is 18.6 Å². The lowest BCUT2D eigenvalue weighted by Crippen LogP contribution is -2.34. The van der Waals surface area contributed by atoms with Gasteiger partial charge in [0.1, 0.15) is 0 Å². The van der Waals surface area contributed by atoms with Crippen molar-refractivity contribution in [2.75, 3.05) is 13.2 Å². The van der Waals surface area contributed by atoms with E-state index in [9.17, 15) is 4.79 Å². The molecule has 3 heterocycles. The fourth-order valence-corrected chi connectivity index (χ4v) is 4.01. The van der Waals surface area contributed by atoms with Gasteiger partial charge in [-0.1, -0.05) is 53.7 Å². The van der Waals surface area contributed by atoms with Crippen LogP contribution in [0.2, 0.25) is 0 Å². The second-order valence-corrected chi connectivity index (χ2v) is 7.21. The summed E-state index contributed by atoms with van der Waals surface area (Å²) in [5.41, 5.74) is 9.73. The number of carbonyl (C=O) groups excluding carboxylic acids is 1. The van der Waals surface area contributed by atoms with Gasteiger partial charge in [0.25, 0.3) is 0 Å². The summed E-state index contributed by atoms with van der Waals surface area (Å²) in [5, 5.41) is 4.11. The van der Waals surface area contributed by atoms with Gasteiger partial charge in [0.2, 0.25) is 11.7 Å². The van der Waals surface area contributed by atoms with E-state index in [-0.39, 0.29) is 12.0 Å². The fourth-order valence-electron chi connectivity index (χ4n) is 4.01. The highest BCUT2D eigenvalue weighted by Crippen LogP contribution is 2.38. The average Bonchev–Trinajstić information content (AvgIpc) is 3.46. The molecule has 2 aromatic carbocycles. The molecule has 2 unspecified atom stereocenters. The Morgan fingerprint density at radius 2 is 1.96 bits per heavy atom. The second-order valence-electron chi connectivity index (χ2n) is 7.21. The third-order valence-corrected chi connectivity index (χ3v) is 5.49. The van der Waals surface area contributed by atoms with Crippen molar-refractivity contribution in [2.45, 2.75) is 24.9 Å². The minimum atomic E-state index is -0.424. The van der Waals surface area contributed by atoms with E-state index >= 15 is 0 Å². The molecule has 0 saturated carbocycles. The second kappa shape index (κ2) is 6.76. The lowest BCUT2D eigenvalue weighted by atomic mass is 9.97. The summed E-state index contributed by atoms with van der Waals surface area (Å²) in [6, 6.07) is 15.3. The van der Waals surface area contributed by atoms with Gasteiger partial charge in [-0.3, -0.25) is 0 Å². The molecule has 2 aliphatic heterocycles. The highest BCUT2D eigenvalue weighted by Gasteiger charge is 2.33. The van der Waals surface area contributed by atoms with Gasteiger partial charge < -0.3 is 19.9 Å². The van der Waals surface area contributed by atoms with E-state index in [2.05, 4.69) is 10.1 Å². The van der Waals surface area contributed by atoms with E-state index in [4.69, 9.17) is 15.0 Å². The monoisotopic (exact) mass is 376 g/mol. The molecule has 3 aromatic rings. The molecule has 0 radical (unpaired) electrons. The van der Waals surface area contributed by atoms with Crippen LogP contribution in [0.1, 0.15) is 41.0 Å². The van der Waals surface area contributed by atoms with Crippen LogP contribution in [0.3, 0.4) is 0 Å². The zero-order valence-electron chi connectivity index (χ0n) is 15.2. The highest BCUT2D eigenvalue weighted by atomic mass is 16.5. The minimum absolute atomic E-state index is 0.180. The van der Waals surface area contributed by atoms with Crippen molar-refractivity contribution in [3.63, 3.8) is 0 Å². The molecule has 2 aliphatic rings. The van der Waals surface area contributed by atoms with Crippen LogP contribution in [0, 0.1) is 0 Å². The number of primary amides is 1. The van der Waals surface area contributed by atoms with Gasteiger partial charge in [0, 0.05) is 18.7 Å². The summed E-state index contributed by atoms with van der Waals surface area (Å²) in [4.78, 5) is 18.2. The Labute approximate surface area is 162 Å². The predicted octanol–water partition coefficient (Wildman–Crippen LogP) is 3.22. The van der Waals surface area contributed by atoms with E-state index in [1.165, 1.54) is 0 Å². The van der Waals surface area contributed by atoms with Gasteiger partial charge in [0.15, 0.2) is 0 Å². The number of nitrogens with two attached hydrogens (primary N) is 1. The summed E-state index contributed by atoms with van der Waals surface area (Å²) >= 11 is 0. The number of nitrogens with zero attached hydrogens (tertiary/aromatic N) is 3. The lowest BCUT2D eigenvalue weighted by molar-refractivity contribution is 0.189. The van der Waals surface area contributed by atoms with Crippen molar-refractivity contribution in [3.05, 3.63) is 71.1 Å². The summed E-state index contributed by atoms with van der Waals surface area (Å²) in [5.74, 6) is 1.37. The molecular weight excluding hydrogens is 356 g/mol. The zero-order chi connectivity index (χ0) is 19.1. The summed E-state index contributed by atoms with van der Waals surface area (Å²) < 4.78 is 10.8. The number of fused-ring (bicyclic) bond motifs is 1. The number of benzene rings is 2. The van der Waals surface area contributed by atoms with Gasteiger partial charge in [-0.2, -0.15) is 4.98 Å². The lowest BCUT2D eigenvalue weighted by Gasteiger charge is -2.23. The zero-order valence-corrected chi connectivity index (χ0v) is 15.2. The van der Waals surface area contributed by atoms with Gasteiger partial charge in [-0.25, -0.2) is 4.79 Å². The van der Waals surface area contributed by atoms with Crippen molar-refractivity contribution in [1.29, 1.82) is 0 Å². The maximum Gasteiger partial charge on any atom is 0.315 e. The number of hydrogen-bond acceptors (Lipinski definition) is 5. The molecule has 0 aliphatic carbocycles. The summed E-state index contributed by atoms with van der Waals surface area (Å²) in [6.45, 7) is 1.89. The van der Waals surface area contributed by atoms with Gasteiger partial charge >= 0.3 is 6.03 Å². The van der Waals surface area contributed by atoms with Crippen LogP contribution >= 0.6 is 0 Å². The van der Waals surface area contributed by atoms with Crippen LogP contribution in [0.4, 0.5) is 4.79 Å². The molecule has 142 valence electrons. The Balaban J connectivity index is 1.44. The Bertz CT molecular complexity index is 1010. The molecule has 1 aromatic heterocycles. The van der Waals surface area contributed by atoms with E-state index in [0.29, 0.717) is 24.9 Å². The van der Waals surface area contributed by atoms with E-state index in [0.717, 1.165) is 35.3 Å². The van der Waals surface area contributed by atoms with Crippen LogP contribution in [0.15, 0.2) is 53.1 Å². The molecule has 2 amide bonds. The third-order valence-electron chi connectivity index (χ3n) is 5.49. The molecular formula is C21H20N4O3. The number of aromatic nitrogens is 2. The van der Waals surface area contributed by atoms with Crippen LogP contribution in [0.5, 0.6) is 0 Å². The van der Waals surface area contributed by atoms with Crippen LogP contribution in [-0.4, -0.2) is 34.3 Å². The van der Waals surface area contributed by atoms with Gasteiger partial charge in [-0.15, -0.1) is 0 Å². The van der Waals surface area contributed by atoms with Crippen molar-refractivity contribution < 1.29 is 14.1 Å². The number of carbonyl (C=O) groups is 1. The molecule has 1 fully saturated rings. The van der Waals surface area contributed by atoms with Crippen LogP contribution < -0.4 is 5.73 Å². The maximum atomic E-state index is 12.0. The Kier molecular flexibility index (Phi) is 4.09. The molecule has 7 heteroatoms. The van der Waals surface area contributed by atoms with Crippen molar-refractivity contribution >= 4 is 6.03 Å². The number of amides is 2. The Hall–Kier alpha value is -3.19. The fraction of sp³-hybridized carbons (Fsp3) is 0.286. The van der Waals surface area contributed by atoms with Crippen molar-refractivity contribution in [3.8, 4) is 11.4 Å². The van der Waals surface area contributed by atoms with Crippen molar-refractivity contribution in [2.24, 2.45) is 5.73 Å².